The molecule has 4 heteroatoms. The Kier molecular flexibility index (Phi) is 4.27. The molecule has 1 aliphatic heterocycles. The summed E-state index contributed by atoms with van der Waals surface area (Å²) in [6.07, 6.45) is 1.21. The summed E-state index contributed by atoms with van der Waals surface area (Å²) in [5.74, 6) is -0.146. The van der Waals surface area contributed by atoms with Crippen LogP contribution in [0.1, 0.15) is 33.6 Å². The molecule has 1 saturated heterocycles. The summed E-state index contributed by atoms with van der Waals surface area (Å²) in [5.41, 5.74) is 0. The molecule has 1 heterocycles. The molecule has 2 atom stereocenters. The van der Waals surface area contributed by atoms with Crippen molar-refractivity contribution in [2.24, 2.45) is 5.92 Å². The van der Waals surface area contributed by atoms with E-state index in [9.17, 15) is 9.59 Å². The summed E-state index contributed by atoms with van der Waals surface area (Å²) in [5, 5.41) is 3.26. The van der Waals surface area contributed by atoms with Crippen LogP contribution in [0.4, 0.5) is 0 Å². The van der Waals surface area contributed by atoms with Crippen molar-refractivity contribution in [1.82, 2.24) is 10.2 Å². The van der Waals surface area contributed by atoms with Gasteiger partial charge in [-0.15, -0.1) is 0 Å². The summed E-state index contributed by atoms with van der Waals surface area (Å²) in [6.45, 7) is 7.40. The molecule has 0 aromatic carbocycles. The Hall–Kier alpha value is -0.900. The lowest BCUT2D eigenvalue weighted by molar-refractivity contribution is -0.139. The highest BCUT2D eigenvalue weighted by Gasteiger charge is 2.34. The van der Waals surface area contributed by atoms with Gasteiger partial charge in [0.15, 0.2) is 0 Å². The third kappa shape index (κ3) is 3.02. The summed E-state index contributed by atoms with van der Waals surface area (Å²) in [7, 11) is 0. The van der Waals surface area contributed by atoms with Gasteiger partial charge in [-0.25, -0.2) is 0 Å². The van der Waals surface area contributed by atoms with Gasteiger partial charge in [0, 0.05) is 24.9 Å². The molecule has 1 rings (SSSR count). The molecule has 1 N–H and O–H groups in total. The van der Waals surface area contributed by atoms with Crippen LogP contribution < -0.4 is 5.32 Å². The summed E-state index contributed by atoms with van der Waals surface area (Å²) in [4.78, 5) is 24.4. The monoisotopic (exact) mass is 212 g/mol. The Morgan fingerprint density at radius 3 is 2.67 bits per heavy atom. The smallest absolute Gasteiger partial charge is 0.232 e. The number of carbonyl (C=O) groups excluding carboxylic acids is 2. The van der Waals surface area contributed by atoms with Crippen molar-refractivity contribution in [2.75, 3.05) is 13.1 Å². The predicted molar refractivity (Wildman–Crippen MR) is 58.3 cm³/mol. The van der Waals surface area contributed by atoms with Crippen LogP contribution in [0.2, 0.25) is 0 Å². The molecule has 15 heavy (non-hydrogen) atoms. The van der Waals surface area contributed by atoms with Crippen molar-refractivity contribution in [2.45, 2.75) is 39.7 Å². The van der Waals surface area contributed by atoms with Crippen LogP contribution in [0, 0.1) is 5.92 Å². The van der Waals surface area contributed by atoms with Gasteiger partial charge in [0.25, 0.3) is 0 Å². The van der Waals surface area contributed by atoms with Crippen molar-refractivity contribution < 1.29 is 9.59 Å². The van der Waals surface area contributed by atoms with Crippen LogP contribution in [0.5, 0.6) is 0 Å². The summed E-state index contributed by atoms with van der Waals surface area (Å²) in [6, 6.07) is 0.353. The number of nitrogens with one attached hydrogen (secondary N) is 1. The number of rotatable bonds is 5. The standard InChI is InChI=1S/C11H20N2O2/c1-4-12-9(3)5-6-13-10(14)7-8(2)11(13)15/h8-9,12H,4-7H2,1-3H3. The SMILES string of the molecule is CCNC(C)CCN1C(=O)CC(C)C1=O. The third-order valence-electron chi connectivity index (χ3n) is 2.81. The fourth-order valence-corrected chi connectivity index (χ4v) is 1.86. The van der Waals surface area contributed by atoms with Gasteiger partial charge in [0.2, 0.25) is 11.8 Å². The average Bonchev–Trinajstić information content (AvgIpc) is 2.40. The first-order valence-corrected chi connectivity index (χ1v) is 5.63. The molecular weight excluding hydrogens is 192 g/mol. The molecule has 0 spiro atoms. The zero-order chi connectivity index (χ0) is 11.4. The van der Waals surface area contributed by atoms with Crippen LogP contribution in [0.25, 0.3) is 0 Å². The minimum Gasteiger partial charge on any atom is -0.314 e. The lowest BCUT2D eigenvalue weighted by Gasteiger charge is -2.18. The van der Waals surface area contributed by atoms with E-state index in [0.29, 0.717) is 19.0 Å². The molecule has 0 radical (unpaired) electrons. The number of nitrogens with zero attached hydrogens (tertiary/aromatic N) is 1. The van der Waals surface area contributed by atoms with Gasteiger partial charge in [-0.05, 0) is 19.9 Å². The number of likely N-dealkylation sites (tertiary alicyclic amines) is 1. The topological polar surface area (TPSA) is 49.4 Å². The zero-order valence-electron chi connectivity index (χ0n) is 9.75. The first-order chi connectivity index (χ1) is 7.06. The van der Waals surface area contributed by atoms with E-state index in [4.69, 9.17) is 0 Å². The van der Waals surface area contributed by atoms with Gasteiger partial charge in [-0.2, -0.15) is 0 Å². The maximum atomic E-state index is 11.6. The van der Waals surface area contributed by atoms with Crippen molar-refractivity contribution >= 4 is 11.8 Å². The molecule has 0 aromatic rings. The fraction of sp³-hybridized carbons (Fsp3) is 0.818. The second-order valence-corrected chi connectivity index (χ2v) is 4.24. The first kappa shape index (κ1) is 12.2. The van der Waals surface area contributed by atoms with E-state index >= 15 is 0 Å². The first-order valence-electron chi connectivity index (χ1n) is 5.63. The van der Waals surface area contributed by atoms with E-state index in [0.717, 1.165) is 13.0 Å². The van der Waals surface area contributed by atoms with Gasteiger partial charge in [0.1, 0.15) is 0 Å². The van der Waals surface area contributed by atoms with E-state index in [1.54, 1.807) is 0 Å². The highest BCUT2D eigenvalue weighted by Crippen LogP contribution is 2.18. The molecular formula is C11H20N2O2. The van der Waals surface area contributed by atoms with Crippen LogP contribution in [0.15, 0.2) is 0 Å². The van der Waals surface area contributed by atoms with Gasteiger partial charge >= 0.3 is 0 Å². The Labute approximate surface area is 91.0 Å². The lowest BCUT2D eigenvalue weighted by atomic mass is 10.1. The molecule has 2 unspecified atom stereocenters. The number of hydrogen-bond donors (Lipinski definition) is 1. The maximum Gasteiger partial charge on any atom is 0.232 e. The van der Waals surface area contributed by atoms with Crippen LogP contribution in [-0.4, -0.2) is 35.8 Å². The molecule has 1 fully saturated rings. The average molecular weight is 212 g/mol. The second kappa shape index (κ2) is 5.26. The quantitative estimate of drug-likeness (QED) is 0.685. The van der Waals surface area contributed by atoms with E-state index in [2.05, 4.69) is 12.2 Å². The van der Waals surface area contributed by atoms with Crippen molar-refractivity contribution in [3.8, 4) is 0 Å². The largest absolute Gasteiger partial charge is 0.314 e. The molecule has 0 aromatic heterocycles. The number of imide groups is 1. The van der Waals surface area contributed by atoms with Gasteiger partial charge in [-0.1, -0.05) is 13.8 Å². The van der Waals surface area contributed by atoms with E-state index in [1.165, 1.54) is 4.90 Å². The Morgan fingerprint density at radius 2 is 2.20 bits per heavy atom. The molecule has 86 valence electrons. The summed E-state index contributed by atoms with van der Waals surface area (Å²) < 4.78 is 0. The van der Waals surface area contributed by atoms with Crippen molar-refractivity contribution in [3.63, 3.8) is 0 Å². The second-order valence-electron chi connectivity index (χ2n) is 4.24. The molecule has 0 aliphatic carbocycles. The van der Waals surface area contributed by atoms with E-state index < -0.39 is 0 Å². The van der Waals surface area contributed by atoms with Gasteiger partial charge in [-0.3, -0.25) is 14.5 Å². The molecule has 0 saturated carbocycles. The van der Waals surface area contributed by atoms with Crippen LogP contribution >= 0.6 is 0 Å². The Morgan fingerprint density at radius 1 is 1.53 bits per heavy atom. The number of carbonyl (C=O) groups is 2. The Balaban J connectivity index is 2.38. The number of amides is 2. The van der Waals surface area contributed by atoms with Gasteiger partial charge in [0.05, 0.1) is 0 Å². The van der Waals surface area contributed by atoms with Gasteiger partial charge < -0.3 is 5.32 Å². The molecule has 4 nitrogen and oxygen atoms in total. The maximum absolute atomic E-state index is 11.6. The highest BCUT2D eigenvalue weighted by atomic mass is 16.2. The van der Waals surface area contributed by atoms with Crippen LogP contribution in [-0.2, 0) is 9.59 Å². The van der Waals surface area contributed by atoms with Crippen LogP contribution in [0.3, 0.4) is 0 Å². The molecule has 1 aliphatic rings. The molecule has 0 bridgehead atoms. The Bertz CT molecular complexity index is 253. The lowest BCUT2D eigenvalue weighted by Crippen LogP contribution is -2.35. The van der Waals surface area contributed by atoms with E-state index in [-0.39, 0.29) is 17.7 Å². The minimum atomic E-state index is -0.119. The summed E-state index contributed by atoms with van der Waals surface area (Å²) >= 11 is 0. The zero-order valence-corrected chi connectivity index (χ0v) is 9.75. The van der Waals surface area contributed by atoms with Crippen molar-refractivity contribution in [3.05, 3.63) is 0 Å². The predicted octanol–water partition coefficient (Wildman–Crippen LogP) is 0.769. The number of hydrogen-bond acceptors (Lipinski definition) is 3. The molecule has 2 amide bonds. The normalized spacial score (nSPS) is 23.7. The fourth-order valence-electron chi connectivity index (χ4n) is 1.86. The highest BCUT2D eigenvalue weighted by molar-refractivity contribution is 6.03. The minimum absolute atomic E-state index is 0.0105. The van der Waals surface area contributed by atoms with Crippen molar-refractivity contribution in [1.29, 1.82) is 0 Å². The third-order valence-corrected chi connectivity index (χ3v) is 2.81. The van der Waals surface area contributed by atoms with E-state index in [1.807, 2.05) is 13.8 Å².